The second-order valence-electron chi connectivity index (χ2n) is 7.17. The van der Waals surface area contributed by atoms with Crippen molar-refractivity contribution >= 4 is 15.2 Å². The number of hydrogen-bond acceptors (Lipinski definition) is 6. The smallest absolute Gasteiger partial charge is 0.323 e. The lowest BCUT2D eigenvalue weighted by Gasteiger charge is -2.10. The Balaban J connectivity index is 3.43. The largest absolute Gasteiger partial charge is 0.353 e. The summed E-state index contributed by atoms with van der Waals surface area (Å²) in [6.45, 7) is 0. The van der Waals surface area contributed by atoms with Gasteiger partial charge in [0, 0.05) is 0 Å². The summed E-state index contributed by atoms with van der Waals surface area (Å²) in [6, 6.07) is 0. The number of rotatable bonds is 19. The zero-order chi connectivity index (χ0) is 21.5. The van der Waals surface area contributed by atoms with Gasteiger partial charge in [-0.25, -0.2) is 0 Å². The summed E-state index contributed by atoms with van der Waals surface area (Å²) in [5.74, 6) is -2.82. The molecule has 2 unspecified atom stereocenters. The molecule has 0 rings (SSSR count). The maximum Gasteiger partial charge on any atom is 0.353 e. The van der Waals surface area contributed by atoms with Crippen molar-refractivity contribution in [2.45, 2.75) is 101 Å². The summed E-state index contributed by atoms with van der Waals surface area (Å²) in [7, 11) is -8.81. The molecule has 2 atom stereocenters. The molecular formula is C16H34N2O8P2. The molecule has 10 nitrogen and oxygen atoms in total. The monoisotopic (exact) mass is 444 g/mol. The van der Waals surface area contributed by atoms with Crippen LogP contribution in [0.25, 0.3) is 0 Å². The molecule has 0 aliphatic heterocycles. The van der Waals surface area contributed by atoms with Crippen molar-refractivity contribution in [2.24, 2.45) is 10.4 Å². The summed E-state index contributed by atoms with van der Waals surface area (Å²) in [5.41, 5.74) is 0. The minimum Gasteiger partial charge on any atom is -0.323 e. The Labute approximate surface area is 166 Å². The first kappa shape index (κ1) is 27.5. The molecule has 0 aromatic heterocycles. The van der Waals surface area contributed by atoms with Crippen LogP contribution in [-0.4, -0.2) is 31.1 Å². The highest BCUT2D eigenvalue weighted by Gasteiger charge is 2.29. The highest BCUT2D eigenvalue weighted by atomic mass is 31.2. The zero-order valence-electron chi connectivity index (χ0n) is 16.3. The van der Waals surface area contributed by atoms with E-state index in [-0.39, 0.29) is 12.8 Å². The van der Waals surface area contributed by atoms with Crippen LogP contribution in [0, 0.1) is 9.81 Å². The minimum absolute atomic E-state index is 0.131. The van der Waals surface area contributed by atoms with Crippen LogP contribution in [0.1, 0.15) is 89.9 Å². The van der Waals surface area contributed by atoms with Crippen molar-refractivity contribution in [1.82, 2.24) is 0 Å². The molecule has 0 aromatic carbocycles. The summed E-state index contributed by atoms with van der Waals surface area (Å²) in [4.78, 5) is 56.4. The normalized spacial score (nSPS) is 14.6. The van der Waals surface area contributed by atoms with Crippen molar-refractivity contribution in [3.63, 3.8) is 0 Å². The van der Waals surface area contributed by atoms with E-state index >= 15 is 0 Å². The number of nitrogens with zero attached hydrogens (tertiary/aromatic N) is 2. The Kier molecular flexibility index (Phi) is 15.1. The van der Waals surface area contributed by atoms with E-state index in [0.29, 0.717) is 12.8 Å². The Morgan fingerprint density at radius 1 is 0.500 bits per heavy atom. The van der Waals surface area contributed by atoms with Gasteiger partial charge in [0.1, 0.15) is 0 Å². The average molecular weight is 444 g/mol. The first-order valence-corrected chi connectivity index (χ1v) is 13.2. The Morgan fingerprint density at radius 2 is 0.714 bits per heavy atom. The van der Waals surface area contributed by atoms with E-state index in [4.69, 9.17) is 19.6 Å². The average Bonchev–Trinajstić information content (AvgIpc) is 2.59. The molecule has 28 heavy (non-hydrogen) atoms. The Bertz CT molecular complexity index is 477. The van der Waals surface area contributed by atoms with Crippen LogP contribution in [0.3, 0.4) is 0 Å². The van der Waals surface area contributed by atoms with Crippen molar-refractivity contribution in [3.8, 4) is 0 Å². The third-order valence-corrected chi connectivity index (χ3v) is 6.95. The summed E-state index contributed by atoms with van der Waals surface area (Å²) >= 11 is 0. The van der Waals surface area contributed by atoms with E-state index < -0.39 is 26.8 Å². The van der Waals surface area contributed by atoms with Crippen LogP contribution in [0.4, 0.5) is 0 Å². The summed E-state index contributed by atoms with van der Waals surface area (Å²) in [5, 5.41) is 5.02. The summed E-state index contributed by atoms with van der Waals surface area (Å²) in [6.07, 6.45) is 11.6. The van der Waals surface area contributed by atoms with Crippen molar-refractivity contribution < 1.29 is 28.7 Å². The molecule has 4 N–H and O–H groups in total. The van der Waals surface area contributed by atoms with Crippen LogP contribution < -0.4 is 0 Å². The standard InChI is InChI=1S/C16H34N2O8P2/c19-17-15(27(21,22)23)13-11-9-7-5-3-1-2-4-6-8-10-12-14-16(18-20)28(24,25)26/h15-16H,1-14H2,(H2,21,22,23)(H2,24,25,26). The predicted molar refractivity (Wildman–Crippen MR) is 108 cm³/mol. The molecule has 0 spiro atoms. The lowest BCUT2D eigenvalue weighted by atomic mass is 10.0. The van der Waals surface area contributed by atoms with E-state index in [1.807, 2.05) is 0 Å². The predicted octanol–water partition coefficient (Wildman–Crippen LogP) is 4.99. The van der Waals surface area contributed by atoms with E-state index in [1.54, 1.807) is 0 Å². The quantitative estimate of drug-likeness (QED) is 0.122. The second-order valence-corrected chi connectivity index (χ2v) is 10.7. The molecule has 0 aromatic rings. The van der Waals surface area contributed by atoms with Gasteiger partial charge in [-0.3, -0.25) is 9.13 Å². The molecular weight excluding hydrogens is 410 g/mol. The van der Waals surface area contributed by atoms with Gasteiger partial charge in [0.2, 0.25) is 0 Å². The van der Waals surface area contributed by atoms with Gasteiger partial charge in [-0.15, -0.1) is 9.81 Å². The molecule has 0 heterocycles. The lowest BCUT2D eigenvalue weighted by molar-refractivity contribution is 0.351. The number of nitroso groups, excluding NO2 is 2. The van der Waals surface area contributed by atoms with Crippen LogP contribution in [0.2, 0.25) is 0 Å². The molecule has 0 aliphatic carbocycles. The van der Waals surface area contributed by atoms with Gasteiger partial charge in [0.05, 0.1) is 0 Å². The highest BCUT2D eigenvalue weighted by molar-refractivity contribution is 7.52. The fourth-order valence-corrected chi connectivity index (χ4v) is 4.27. The third-order valence-electron chi connectivity index (χ3n) is 4.69. The second kappa shape index (κ2) is 15.4. The van der Waals surface area contributed by atoms with Gasteiger partial charge in [-0.05, 0) is 12.8 Å². The fraction of sp³-hybridized carbons (Fsp3) is 1.00. The van der Waals surface area contributed by atoms with Gasteiger partial charge in [0.25, 0.3) is 0 Å². The zero-order valence-corrected chi connectivity index (χ0v) is 18.1. The molecule has 12 heteroatoms. The van der Waals surface area contributed by atoms with E-state index in [2.05, 4.69) is 10.4 Å². The van der Waals surface area contributed by atoms with Crippen LogP contribution in [-0.2, 0) is 9.13 Å². The molecule has 0 aliphatic rings. The topological polar surface area (TPSA) is 174 Å². The molecule has 0 radical (unpaired) electrons. The first-order valence-electron chi connectivity index (χ1n) is 9.88. The van der Waals surface area contributed by atoms with Crippen LogP contribution in [0.5, 0.6) is 0 Å². The van der Waals surface area contributed by atoms with Gasteiger partial charge >= 0.3 is 15.2 Å². The van der Waals surface area contributed by atoms with Crippen molar-refractivity contribution in [1.29, 1.82) is 0 Å². The summed E-state index contributed by atoms with van der Waals surface area (Å²) < 4.78 is 21.9. The molecule has 0 fully saturated rings. The van der Waals surface area contributed by atoms with Gasteiger partial charge in [0.15, 0.2) is 11.6 Å². The van der Waals surface area contributed by atoms with Crippen molar-refractivity contribution in [2.75, 3.05) is 0 Å². The van der Waals surface area contributed by atoms with Gasteiger partial charge in [-0.1, -0.05) is 87.4 Å². The third kappa shape index (κ3) is 14.5. The Hall–Kier alpha value is -0.500. The van der Waals surface area contributed by atoms with E-state index in [0.717, 1.165) is 64.2 Å². The maximum absolute atomic E-state index is 10.9. The van der Waals surface area contributed by atoms with E-state index in [9.17, 15) is 18.9 Å². The lowest BCUT2D eigenvalue weighted by Crippen LogP contribution is -2.04. The van der Waals surface area contributed by atoms with E-state index in [1.165, 1.54) is 0 Å². The number of unbranched alkanes of at least 4 members (excludes halogenated alkanes) is 11. The number of hydrogen-bond donors (Lipinski definition) is 4. The SMILES string of the molecule is O=NC(CCCCCCCCCCCCCCC(N=O)P(=O)(O)O)P(=O)(O)O. The highest BCUT2D eigenvalue weighted by Crippen LogP contribution is 2.45. The van der Waals surface area contributed by atoms with Crippen LogP contribution >= 0.6 is 15.2 Å². The Morgan fingerprint density at radius 3 is 0.893 bits per heavy atom. The first-order chi connectivity index (χ1) is 13.1. The molecule has 0 bridgehead atoms. The minimum atomic E-state index is -4.41. The van der Waals surface area contributed by atoms with Gasteiger partial charge < -0.3 is 19.6 Å². The molecule has 0 saturated heterocycles. The van der Waals surface area contributed by atoms with Crippen LogP contribution in [0.15, 0.2) is 10.4 Å². The van der Waals surface area contributed by atoms with Crippen molar-refractivity contribution in [3.05, 3.63) is 9.81 Å². The van der Waals surface area contributed by atoms with Gasteiger partial charge in [-0.2, -0.15) is 0 Å². The molecule has 0 amide bonds. The maximum atomic E-state index is 10.9. The molecule has 0 saturated carbocycles. The fourth-order valence-electron chi connectivity index (χ4n) is 2.99. The molecule has 166 valence electrons.